The molecule has 0 spiro atoms. The van der Waals surface area contributed by atoms with Gasteiger partial charge in [-0.15, -0.1) is 0 Å². The molecule has 3 nitrogen and oxygen atoms in total. The van der Waals surface area contributed by atoms with Crippen LogP contribution in [0.3, 0.4) is 0 Å². The van der Waals surface area contributed by atoms with Crippen molar-refractivity contribution in [3.05, 3.63) is 65.2 Å². The first-order chi connectivity index (χ1) is 11.3. The molecule has 0 aliphatic heterocycles. The third-order valence-corrected chi connectivity index (χ3v) is 4.24. The molecule has 1 N–H and O–H groups in total. The average Bonchev–Trinajstić information content (AvgIpc) is 2.59. The van der Waals surface area contributed by atoms with Gasteiger partial charge >= 0.3 is 0 Å². The molecule has 0 aromatic heterocycles. The summed E-state index contributed by atoms with van der Waals surface area (Å²) in [6.07, 6.45) is 0.831. The molecule has 2 aromatic rings. The molecular weight excluding hydrogens is 298 g/mol. The predicted octanol–water partition coefficient (Wildman–Crippen LogP) is 4.87. The normalized spacial score (nSPS) is 12.5. The summed E-state index contributed by atoms with van der Waals surface area (Å²) < 4.78 is 5.18. The van der Waals surface area contributed by atoms with Crippen LogP contribution >= 0.6 is 0 Å². The Morgan fingerprint density at radius 1 is 1.04 bits per heavy atom. The summed E-state index contributed by atoms with van der Waals surface area (Å²) >= 11 is 0. The molecule has 128 valence electrons. The summed E-state index contributed by atoms with van der Waals surface area (Å²) in [5.74, 6) is 0.774. The van der Waals surface area contributed by atoms with Crippen molar-refractivity contribution in [3.63, 3.8) is 0 Å². The van der Waals surface area contributed by atoms with Gasteiger partial charge in [-0.1, -0.05) is 52.0 Å². The Balaban J connectivity index is 2.11. The molecule has 2 rings (SSSR count). The summed E-state index contributed by atoms with van der Waals surface area (Å²) in [6.45, 7) is 8.56. The minimum atomic E-state index is -0.0434. The first-order valence-electron chi connectivity index (χ1n) is 8.40. The average molecular weight is 325 g/mol. The van der Waals surface area contributed by atoms with E-state index in [4.69, 9.17) is 4.74 Å². The van der Waals surface area contributed by atoms with Gasteiger partial charge in [0, 0.05) is 5.56 Å². The van der Waals surface area contributed by atoms with E-state index in [2.05, 4.69) is 33.0 Å². The number of benzene rings is 2. The molecule has 1 atom stereocenters. The zero-order chi connectivity index (χ0) is 17.7. The summed E-state index contributed by atoms with van der Waals surface area (Å²) in [5, 5.41) is 3.12. The number of carbonyl (C=O) groups is 1. The zero-order valence-corrected chi connectivity index (χ0v) is 15.2. The van der Waals surface area contributed by atoms with Gasteiger partial charge in [0.15, 0.2) is 0 Å². The second-order valence-electron chi connectivity index (χ2n) is 7.03. The van der Waals surface area contributed by atoms with Crippen molar-refractivity contribution in [2.75, 3.05) is 7.11 Å². The van der Waals surface area contributed by atoms with E-state index >= 15 is 0 Å². The lowest BCUT2D eigenvalue weighted by molar-refractivity contribution is 0.0935. The molecule has 0 saturated heterocycles. The number of amides is 1. The van der Waals surface area contributed by atoms with Gasteiger partial charge in [-0.2, -0.15) is 0 Å². The predicted molar refractivity (Wildman–Crippen MR) is 98.6 cm³/mol. The maximum atomic E-state index is 12.5. The highest BCUT2D eigenvalue weighted by Crippen LogP contribution is 2.23. The number of nitrogens with one attached hydrogen (secondary N) is 1. The Labute approximate surface area is 145 Å². The molecule has 0 bridgehead atoms. The van der Waals surface area contributed by atoms with Gasteiger partial charge in [0.2, 0.25) is 0 Å². The van der Waals surface area contributed by atoms with Crippen molar-refractivity contribution in [2.45, 2.75) is 45.6 Å². The molecule has 2 aromatic carbocycles. The maximum Gasteiger partial charge on any atom is 0.251 e. The topological polar surface area (TPSA) is 38.3 Å². The first kappa shape index (κ1) is 18.1. The minimum Gasteiger partial charge on any atom is -0.497 e. The SMILES string of the molecule is CC[C@H](NC(=O)c1ccc(C(C)(C)C)cc1)c1ccc(OC)cc1. The Kier molecular flexibility index (Phi) is 5.66. The van der Waals surface area contributed by atoms with Gasteiger partial charge in [-0.05, 0) is 47.2 Å². The summed E-state index contributed by atoms with van der Waals surface area (Å²) in [7, 11) is 1.65. The van der Waals surface area contributed by atoms with E-state index in [1.54, 1.807) is 7.11 Å². The van der Waals surface area contributed by atoms with Gasteiger partial charge in [0.25, 0.3) is 5.91 Å². The van der Waals surface area contributed by atoms with Gasteiger partial charge in [-0.25, -0.2) is 0 Å². The number of hydrogen-bond donors (Lipinski definition) is 1. The lowest BCUT2D eigenvalue weighted by atomic mass is 9.86. The number of methoxy groups -OCH3 is 1. The van der Waals surface area contributed by atoms with Gasteiger partial charge in [0.05, 0.1) is 13.2 Å². The lowest BCUT2D eigenvalue weighted by Gasteiger charge is -2.20. The number of ether oxygens (including phenoxy) is 1. The quantitative estimate of drug-likeness (QED) is 0.851. The molecule has 0 radical (unpaired) electrons. The maximum absolute atomic E-state index is 12.5. The van der Waals surface area contributed by atoms with E-state index in [0.29, 0.717) is 5.56 Å². The van der Waals surface area contributed by atoms with E-state index in [1.165, 1.54) is 5.56 Å². The lowest BCUT2D eigenvalue weighted by Crippen LogP contribution is -2.28. The monoisotopic (exact) mass is 325 g/mol. The van der Waals surface area contributed by atoms with Crippen LogP contribution in [-0.2, 0) is 5.41 Å². The van der Waals surface area contributed by atoms with Crippen molar-refractivity contribution < 1.29 is 9.53 Å². The molecule has 24 heavy (non-hydrogen) atoms. The van der Waals surface area contributed by atoms with Crippen LogP contribution in [0.5, 0.6) is 5.75 Å². The highest BCUT2D eigenvalue weighted by atomic mass is 16.5. The molecule has 0 aliphatic rings. The Bertz CT molecular complexity index is 666. The van der Waals surface area contributed by atoms with E-state index in [1.807, 2.05) is 48.5 Å². The van der Waals surface area contributed by atoms with Gasteiger partial charge in [-0.3, -0.25) is 4.79 Å². The number of rotatable bonds is 5. The summed E-state index contributed by atoms with van der Waals surface area (Å²) in [4.78, 5) is 12.5. The van der Waals surface area contributed by atoms with Crippen molar-refractivity contribution in [1.29, 1.82) is 0 Å². The molecule has 0 fully saturated rings. The fourth-order valence-electron chi connectivity index (χ4n) is 2.62. The Morgan fingerprint density at radius 2 is 1.62 bits per heavy atom. The van der Waals surface area contributed by atoms with Crippen molar-refractivity contribution in [3.8, 4) is 5.75 Å². The second kappa shape index (κ2) is 7.52. The third kappa shape index (κ3) is 4.38. The van der Waals surface area contributed by atoms with E-state index < -0.39 is 0 Å². The van der Waals surface area contributed by atoms with Crippen LogP contribution in [0.1, 0.15) is 61.6 Å². The Hall–Kier alpha value is -2.29. The molecular formula is C21H27NO2. The van der Waals surface area contributed by atoms with Crippen LogP contribution in [0.2, 0.25) is 0 Å². The van der Waals surface area contributed by atoms with Crippen molar-refractivity contribution >= 4 is 5.91 Å². The van der Waals surface area contributed by atoms with E-state index in [-0.39, 0.29) is 17.4 Å². The van der Waals surface area contributed by atoms with Crippen LogP contribution in [-0.4, -0.2) is 13.0 Å². The third-order valence-electron chi connectivity index (χ3n) is 4.24. The van der Waals surface area contributed by atoms with Crippen LogP contribution < -0.4 is 10.1 Å². The fraction of sp³-hybridized carbons (Fsp3) is 0.381. The molecule has 3 heteroatoms. The highest BCUT2D eigenvalue weighted by Gasteiger charge is 2.16. The van der Waals surface area contributed by atoms with Gasteiger partial charge < -0.3 is 10.1 Å². The Morgan fingerprint density at radius 3 is 2.08 bits per heavy atom. The van der Waals surface area contributed by atoms with Crippen LogP contribution in [0.4, 0.5) is 0 Å². The van der Waals surface area contributed by atoms with E-state index in [0.717, 1.165) is 17.7 Å². The smallest absolute Gasteiger partial charge is 0.251 e. The second-order valence-corrected chi connectivity index (χ2v) is 7.03. The summed E-state index contributed by atoms with van der Waals surface area (Å²) in [6, 6.07) is 15.7. The molecule has 0 unspecified atom stereocenters. The zero-order valence-electron chi connectivity index (χ0n) is 15.2. The van der Waals surface area contributed by atoms with Crippen LogP contribution in [0.15, 0.2) is 48.5 Å². The molecule has 0 aliphatic carbocycles. The molecule has 0 saturated carbocycles. The van der Waals surface area contributed by atoms with Crippen molar-refractivity contribution in [1.82, 2.24) is 5.32 Å². The highest BCUT2D eigenvalue weighted by molar-refractivity contribution is 5.94. The minimum absolute atomic E-state index is 0.00861. The molecule has 0 heterocycles. The summed E-state index contributed by atoms with van der Waals surface area (Å²) in [5.41, 5.74) is 3.08. The van der Waals surface area contributed by atoms with Crippen LogP contribution in [0.25, 0.3) is 0 Å². The molecule has 1 amide bonds. The largest absolute Gasteiger partial charge is 0.497 e. The standard InChI is InChI=1S/C21H27NO2/c1-6-19(15-9-13-18(24-5)14-10-15)22-20(23)16-7-11-17(12-8-16)21(2,3)4/h7-14,19H,6H2,1-5H3,(H,22,23)/t19-/m0/s1. The number of carbonyl (C=O) groups excluding carboxylic acids is 1. The first-order valence-corrected chi connectivity index (χ1v) is 8.40. The van der Waals surface area contributed by atoms with Crippen LogP contribution in [0, 0.1) is 0 Å². The fourth-order valence-corrected chi connectivity index (χ4v) is 2.62. The van der Waals surface area contributed by atoms with Gasteiger partial charge in [0.1, 0.15) is 5.75 Å². The van der Waals surface area contributed by atoms with Crippen molar-refractivity contribution in [2.24, 2.45) is 0 Å². The van der Waals surface area contributed by atoms with E-state index in [9.17, 15) is 4.79 Å². The number of hydrogen-bond acceptors (Lipinski definition) is 2.